The molecule has 0 spiro atoms. The van der Waals surface area contributed by atoms with E-state index < -0.39 is 6.10 Å². The van der Waals surface area contributed by atoms with E-state index in [0.29, 0.717) is 24.5 Å². The molecule has 0 bridgehead atoms. The number of hydrogen-bond donors (Lipinski definition) is 1. The molecule has 0 heterocycles. The summed E-state index contributed by atoms with van der Waals surface area (Å²) in [7, 11) is 0. The van der Waals surface area contributed by atoms with Gasteiger partial charge in [-0.25, -0.2) is 8.78 Å². The molecule has 0 aliphatic carbocycles. The zero-order valence-corrected chi connectivity index (χ0v) is 13.3. The first-order chi connectivity index (χ1) is 11.6. The Balaban J connectivity index is 1.75. The third-order valence-electron chi connectivity index (χ3n) is 3.24. The molecule has 0 fully saturated rings. The van der Waals surface area contributed by atoms with Gasteiger partial charge in [-0.3, -0.25) is 4.79 Å². The molecule has 4 nitrogen and oxygen atoms in total. The fourth-order valence-corrected chi connectivity index (χ4v) is 1.99. The molecule has 2 aromatic carbocycles. The smallest absolute Gasteiger partial charge is 0.261 e. The van der Waals surface area contributed by atoms with Crippen LogP contribution in [0.25, 0.3) is 0 Å². The van der Waals surface area contributed by atoms with Gasteiger partial charge in [0.05, 0.1) is 6.54 Å². The fourth-order valence-electron chi connectivity index (χ4n) is 1.99. The van der Waals surface area contributed by atoms with Crippen LogP contribution in [-0.2, 0) is 4.79 Å². The van der Waals surface area contributed by atoms with Gasteiger partial charge in [-0.1, -0.05) is 6.92 Å². The Morgan fingerprint density at radius 2 is 1.54 bits per heavy atom. The molecule has 0 aliphatic rings. The van der Waals surface area contributed by atoms with E-state index >= 15 is 0 Å². The van der Waals surface area contributed by atoms with Gasteiger partial charge < -0.3 is 14.8 Å². The average molecular weight is 335 g/mol. The lowest BCUT2D eigenvalue weighted by Gasteiger charge is -2.17. The predicted molar refractivity (Wildman–Crippen MR) is 86.0 cm³/mol. The molecule has 6 heteroatoms. The topological polar surface area (TPSA) is 47.6 Å². The number of carbonyl (C=O) groups excluding carboxylic acids is 1. The second-order valence-electron chi connectivity index (χ2n) is 5.06. The summed E-state index contributed by atoms with van der Waals surface area (Å²) in [5.41, 5.74) is 0. The minimum Gasteiger partial charge on any atom is -0.492 e. The molecule has 0 aliphatic heterocycles. The zero-order valence-electron chi connectivity index (χ0n) is 13.3. The maximum absolute atomic E-state index is 12.9. The van der Waals surface area contributed by atoms with E-state index in [1.807, 2.05) is 6.92 Å². The number of ether oxygens (including phenoxy) is 2. The summed E-state index contributed by atoms with van der Waals surface area (Å²) in [4.78, 5) is 12.1. The van der Waals surface area contributed by atoms with Crippen LogP contribution in [-0.4, -0.2) is 25.2 Å². The highest BCUT2D eigenvalue weighted by molar-refractivity contribution is 5.81. The van der Waals surface area contributed by atoms with Gasteiger partial charge in [-0.2, -0.15) is 0 Å². The second kappa shape index (κ2) is 8.86. The Morgan fingerprint density at radius 3 is 2.08 bits per heavy atom. The first-order valence-electron chi connectivity index (χ1n) is 7.67. The number of halogens is 2. The monoisotopic (exact) mass is 335 g/mol. The first kappa shape index (κ1) is 17.7. The van der Waals surface area contributed by atoms with E-state index in [-0.39, 0.29) is 24.1 Å². The van der Waals surface area contributed by atoms with Crippen LogP contribution in [0.2, 0.25) is 0 Å². The summed E-state index contributed by atoms with van der Waals surface area (Å²) in [6.45, 7) is 2.37. The van der Waals surface area contributed by atoms with Crippen LogP contribution < -0.4 is 14.8 Å². The Morgan fingerprint density at radius 1 is 1.00 bits per heavy atom. The number of rotatable bonds is 8. The van der Waals surface area contributed by atoms with Crippen molar-refractivity contribution in [3.05, 3.63) is 60.2 Å². The fraction of sp³-hybridized carbons (Fsp3) is 0.278. The number of hydrogen-bond acceptors (Lipinski definition) is 3. The average Bonchev–Trinajstić information content (AvgIpc) is 2.59. The van der Waals surface area contributed by atoms with Gasteiger partial charge in [0.25, 0.3) is 5.91 Å². The lowest BCUT2D eigenvalue weighted by atomic mass is 10.2. The van der Waals surface area contributed by atoms with Crippen molar-refractivity contribution in [2.75, 3.05) is 13.2 Å². The van der Waals surface area contributed by atoms with Gasteiger partial charge in [0, 0.05) is 0 Å². The molecule has 0 aromatic heterocycles. The predicted octanol–water partition coefficient (Wildman–Crippen LogP) is 3.32. The number of nitrogens with one attached hydrogen (secondary N) is 1. The SMILES string of the molecule is CC[C@@H](Oc1ccc(F)cc1)C(=O)NCCOc1ccc(F)cc1. The van der Waals surface area contributed by atoms with Gasteiger partial charge in [-0.05, 0) is 55.0 Å². The van der Waals surface area contributed by atoms with Crippen LogP contribution in [0.5, 0.6) is 11.5 Å². The highest BCUT2D eigenvalue weighted by atomic mass is 19.1. The van der Waals surface area contributed by atoms with Crippen molar-refractivity contribution in [2.45, 2.75) is 19.4 Å². The standard InChI is InChI=1S/C18H19F2NO3/c1-2-17(24-16-9-5-14(20)6-10-16)18(22)21-11-12-23-15-7-3-13(19)4-8-15/h3-10,17H,2,11-12H2,1H3,(H,21,22)/t17-/m1/s1. The molecule has 1 N–H and O–H groups in total. The maximum Gasteiger partial charge on any atom is 0.261 e. The molecule has 1 amide bonds. The van der Waals surface area contributed by atoms with Crippen molar-refractivity contribution in [2.24, 2.45) is 0 Å². The van der Waals surface area contributed by atoms with Crippen LogP contribution in [0, 0.1) is 11.6 Å². The summed E-state index contributed by atoms with van der Waals surface area (Å²) >= 11 is 0. The minimum atomic E-state index is -0.665. The van der Waals surface area contributed by atoms with Crippen molar-refractivity contribution < 1.29 is 23.0 Å². The highest BCUT2D eigenvalue weighted by Gasteiger charge is 2.17. The van der Waals surface area contributed by atoms with Gasteiger partial charge in [0.15, 0.2) is 6.10 Å². The summed E-state index contributed by atoms with van der Waals surface area (Å²) < 4.78 is 36.6. The minimum absolute atomic E-state index is 0.254. The van der Waals surface area contributed by atoms with Gasteiger partial charge in [0.2, 0.25) is 0 Å². The van der Waals surface area contributed by atoms with Crippen LogP contribution in [0.3, 0.4) is 0 Å². The van der Waals surface area contributed by atoms with Crippen LogP contribution in [0.15, 0.2) is 48.5 Å². The molecular formula is C18H19F2NO3. The van der Waals surface area contributed by atoms with E-state index in [4.69, 9.17) is 9.47 Å². The summed E-state index contributed by atoms with van der Waals surface area (Å²) in [6, 6.07) is 11.1. The number of amides is 1. The highest BCUT2D eigenvalue weighted by Crippen LogP contribution is 2.14. The van der Waals surface area contributed by atoms with Crippen LogP contribution >= 0.6 is 0 Å². The van der Waals surface area contributed by atoms with Gasteiger partial charge in [0.1, 0.15) is 29.7 Å². The third-order valence-corrected chi connectivity index (χ3v) is 3.24. The second-order valence-corrected chi connectivity index (χ2v) is 5.06. The van der Waals surface area contributed by atoms with Crippen LogP contribution in [0.4, 0.5) is 8.78 Å². The molecule has 2 rings (SSSR count). The summed E-state index contributed by atoms with van der Waals surface area (Å²) in [6.07, 6.45) is -0.191. The van der Waals surface area contributed by atoms with E-state index in [2.05, 4.69) is 5.32 Å². The van der Waals surface area contributed by atoms with Crippen molar-refractivity contribution in [1.82, 2.24) is 5.32 Å². The molecule has 2 aromatic rings. The quantitative estimate of drug-likeness (QED) is 0.753. The number of benzene rings is 2. The Kier molecular flexibility index (Phi) is 6.54. The molecule has 0 saturated heterocycles. The van der Waals surface area contributed by atoms with Crippen molar-refractivity contribution in [1.29, 1.82) is 0 Å². The Labute approximate surface area is 139 Å². The lowest BCUT2D eigenvalue weighted by Crippen LogP contribution is -2.39. The molecule has 0 radical (unpaired) electrons. The van der Waals surface area contributed by atoms with Crippen LogP contribution in [0.1, 0.15) is 13.3 Å². The Hall–Kier alpha value is -2.63. The van der Waals surface area contributed by atoms with Crippen molar-refractivity contribution in [3.63, 3.8) is 0 Å². The normalized spacial score (nSPS) is 11.6. The third kappa shape index (κ3) is 5.53. The van der Waals surface area contributed by atoms with E-state index in [9.17, 15) is 13.6 Å². The van der Waals surface area contributed by atoms with Gasteiger partial charge >= 0.3 is 0 Å². The molecular weight excluding hydrogens is 316 g/mol. The molecule has 0 unspecified atom stereocenters. The summed E-state index contributed by atoms with van der Waals surface area (Å²) in [5, 5.41) is 2.71. The van der Waals surface area contributed by atoms with Gasteiger partial charge in [-0.15, -0.1) is 0 Å². The molecule has 0 saturated carbocycles. The Bertz CT molecular complexity index is 644. The molecule has 24 heavy (non-hydrogen) atoms. The molecule has 128 valence electrons. The molecule has 1 atom stereocenters. The maximum atomic E-state index is 12.9. The van der Waals surface area contributed by atoms with Crippen molar-refractivity contribution in [3.8, 4) is 11.5 Å². The largest absolute Gasteiger partial charge is 0.492 e. The van der Waals surface area contributed by atoms with Crippen molar-refractivity contribution >= 4 is 5.91 Å². The lowest BCUT2D eigenvalue weighted by molar-refractivity contribution is -0.128. The van der Waals surface area contributed by atoms with E-state index in [1.165, 1.54) is 48.5 Å². The number of carbonyl (C=O) groups is 1. The summed E-state index contributed by atoms with van der Waals surface area (Å²) in [5.74, 6) is -0.0112. The zero-order chi connectivity index (χ0) is 17.4. The van der Waals surface area contributed by atoms with E-state index in [0.717, 1.165) is 0 Å². The van der Waals surface area contributed by atoms with E-state index in [1.54, 1.807) is 0 Å². The first-order valence-corrected chi connectivity index (χ1v) is 7.67.